The predicted molar refractivity (Wildman–Crippen MR) is 98.0 cm³/mol. The highest BCUT2D eigenvalue weighted by Gasteiger charge is 2.35. The number of ether oxygens (including phenoxy) is 1. The summed E-state index contributed by atoms with van der Waals surface area (Å²) in [6, 6.07) is 4.57. The van der Waals surface area contributed by atoms with Gasteiger partial charge in [-0.1, -0.05) is 25.1 Å². The van der Waals surface area contributed by atoms with Gasteiger partial charge in [0.1, 0.15) is 0 Å². The van der Waals surface area contributed by atoms with Gasteiger partial charge in [0, 0.05) is 5.69 Å². The molecule has 0 fully saturated rings. The van der Waals surface area contributed by atoms with Crippen LogP contribution in [0.1, 0.15) is 49.0 Å². The van der Waals surface area contributed by atoms with Gasteiger partial charge < -0.3 is 15.2 Å². The van der Waals surface area contributed by atoms with Gasteiger partial charge in [-0.25, -0.2) is 4.79 Å². The molecule has 6 nitrogen and oxygen atoms in total. The molecule has 1 amide bonds. The SMILES string of the molecule is CC[C@H](C)OC(=O)[C@H]1CC=CC[C@H]1C(=O)Nc1cc(C(=O)O)ccc1C. The number of allylic oxidation sites excluding steroid dienone is 2. The first-order valence-corrected chi connectivity index (χ1v) is 8.83. The number of carboxylic acids is 1. The van der Waals surface area contributed by atoms with E-state index in [0.29, 0.717) is 24.9 Å². The number of carboxylic acid groups (broad SMARTS) is 1. The van der Waals surface area contributed by atoms with E-state index in [0.717, 1.165) is 5.56 Å². The van der Waals surface area contributed by atoms with Crippen LogP contribution in [-0.4, -0.2) is 29.1 Å². The van der Waals surface area contributed by atoms with Crippen LogP contribution in [-0.2, 0) is 14.3 Å². The molecule has 1 aliphatic carbocycles. The minimum atomic E-state index is -1.06. The molecule has 0 spiro atoms. The van der Waals surface area contributed by atoms with Gasteiger partial charge >= 0.3 is 11.9 Å². The number of aromatic carboxylic acids is 1. The first-order chi connectivity index (χ1) is 12.3. The molecule has 0 saturated carbocycles. The Balaban J connectivity index is 2.16. The number of aryl methyl sites for hydroxylation is 1. The lowest BCUT2D eigenvalue weighted by molar-refractivity contribution is -0.157. The first kappa shape index (κ1) is 19.7. The number of anilines is 1. The van der Waals surface area contributed by atoms with E-state index in [-0.39, 0.29) is 23.5 Å². The van der Waals surface area contributed by atoms with Crippen molar-refractivity contribution >= 4 is 23.5 Å². The number of rotatable bonds is 6. The van der Waals surface area contributed by atoms with Gasteiger partial charge in [0.2, 0.25) is 5.91 Å². The van der Waals surface area contributed by atoms with Crippen LogP contribution in [0.25, 0.3) is 0 Å². The van der Waals surface area contributed by atoms with E-state index in [1.165, 1.54) is 12.1 Å². The van der Waals surface area contributed by atoms with Gasteiger partial charge in [-0.15, -0.1) is 0 Å². The number of carbonyl (C=O) groups excluding carboxylic acids is 2. The molecule has 0 radical (unpaired) electrons. The van der Waals surface area contributed by atoms with E-state index < -0.39 is 17.8 Å². The lowest BCUT2D eigenvalue weighted by Crippen LogP contribution is -2.36. The van der Waals surface area contributed by atoms with Crippen molar-refractivity contribution in [3.63, 3.8) is 0 Å². The fraction of sp³-hybridized carbons (Fsp3) is 0.450. The monoisotopic (exact) mass is 359 g/mol. The molecule has 0 aromatic heterocycles. The van der Waals surface area contributed by atoms with Gasteiger partial charge in [0.25, 0.3) is 0 Å². The predicted octanol–water partition coefficient (Wildman–Crippen LogP) is 3.56. The molecule has 26 heavy (non-hydrogen) atoms. The molecular weight excluding hydrogens is 334 g/mol. The number of nitrogens with one attached hydrogen (secondary N) is 1. The van der Waals surface area contributed by atoms with Crippen LogP contribution in [0.2, 0.25) is 0 Å². The number of hydrogen-bond acceptors (Lipinski definition) is 4. The standard InChI is InChI=1S/C20H25NO5/c1-4-13(3)26-20(25)16-8-6-5-7-15(16)18(22)21-17-11-14(19(23)24)10-9-12(17)2/h5-6,9-11,13,15-16H,4,7-8H2,1-3H3,(H,21,22)(H,23,24)/t13-,15+,16-/m0/s1. The number of benzene rings is 1. The second kappa shape index (κ2) is 8.65. The molecule has 0 heterocycles. The smallest absolute Gasteiger partial charge is 0.335 e. The molecule has 1 aromatic rings. The molecule has 3 atom stereocenters. The van der Waals surface area contributed by atoms with Crippen molar-refractivity contribution in [3.8, 4) is 0 Å². The molecule has 2 rings (SSSR count). The van der Waals surface area contributed by atoms with Crippen molar-refractivity contribution in [2.45, 2.75) is 46.1 Å². The van der Waals surface area contributed by atoms with Gasteiger partial charge in [-0.2, -0.15) is 0 Å². The fourth-order valence-electron chi connectivity index (χ4n) is 2.85. The Morgan fingerprint density at radius 2 is 1.88 bits per heavy atom. The molecule has 1 aliphatic rings. The van der Waals surface area contributed by atoms with Crippen LogP contribution in [0.15, 0.2) is 30.4 Å². The van der Waals surface area contributed by atoms with E-state index in [1.807, 2.05) is 26.0 Å². The largest absolute Gasteiger partial charge is 0.478 e. The summed E-state index contributed by atoms with van der Waals surface area (Å²) in [6.45, 7) is 5.55. The van der Waals surface area contributed by atoms with Crippen molar-refractivity contribution in [2.24, 2.45) is 11.8 Å². The fourth-order valence-corrected chi connectivity index (χ4v) is 2.85. The van der Waals surface area contributed by atoms with Crippen LogP contribution < -0.4 is 5.32 Å². The highest BCUT2D eigenvalue weighted by molar-refractivity contribution is 5.97. The van der Waals surface area contributed by atoms with E-state index in [9.17, 15) is 14.4 Å². The maximum absolute atomic E-state index is 12.8. The summed E-state index contributed by atoms with van der Waals surface area (Å²) in [4.78, 5) is 36.3. The summed E-state index contributed by atoms with van der Waals surface area (Å²) < 4.78 is 5.41. The van der Waals surface area contributed by atoms with Crippen molar-refractivity contribution in [3.05, 3.63) is 41.5 Å². The summed E-state index contributed by atoms with van der Waals surface area (Å²) in [7, 11) is 0. The third-order valence-corrected chi connectivity index (χ3v) is 4.71. The first-order valence-electron chi connectivity index (χ1n) is 8.83. The van der Waals surface area contributed by atoms with Gasteiger partial charge in [-0.3, -0.25) is 9.59 Å². The van der Waals surface area contributed by atoms with E-state index in [1.54, 1.807) is 13.0 Å². The average molecular weight is 359 g/mol. The lowest BCUT2D eigenvalue weighted by atomic mass is 9.82. The zero-order valence-electron chi connectivity index (χ0n) is 15.3. The van der Waals surface area contributed by atoms with Crippen LogP contribution in [0.4, 0.5) is 5.69 Å². The number of amides is 1. The molecule has 0 aliphatic heterocycles. The molecule has 0 unspecified atom stereocenters. The third-order valence-electron chi connectivity index (χ3n) is 4.71. The van der Waals surface area contributed by atoms with E-state index in [2.05, 4.69) is 5.32 Å². The molecule has 140 valence electrons. The summed E-state index contributed by atoms with van der Waals surface area (Å²) >= 11 is 0. The highest BCUT2D eigenvalue weighted by atomic mass is 16.5. The van der Waals surface area contributed by atoms with Crippen LogP contribution in [0.3, 0.4) is 0 Å². The van der Waals surface area contributed by atoms with Crippen molar-refractivity contribution < 1.29 is 24.2 Å². The van der Waals surface area contributed by atoms with Gasteiger partial charge in [-0.05, 0) is 50.8 Å². The van der Waals surface area contributed by atoms with Crippen molar-refractivity contribution in [1.29, 1.82) is 0 Å². The topological polar surface area (TPSA) is 92.7 Å². The molecule has 1 aromatic carbocycles. The van der Waals surface area contributed by atoms with Crippen molar-refractivity contribution in [1.82, 2.24) is 0 Å². The quantitative estimate of drug-likeness (QED) is 0.598. The summed E-state index contributed by atoms with van der Waals surface area (Å²) in [5, 5.41) is 11.9. The summed E-state index contributed by atoms with van der Waals surface area (Å²) in [5.41, 5.74) is 1.30. The number of esters is 1. The van der Waals surface area contributed by atoms with Crippen LogP contribution >= 0.6 is 0 Å². The average Bonchev–Trinajstić information content (AvgIpc) is 2.63. The van der Waals surface area contributed by atoms with E-state index >= 15 is 0 Å². The second-order valence-corrected chi connectivity index (χ2v) is 6.64. The normalized spacial score (nSPS) is 20.3. The molecule has 6 heteroatoms. The zero-order valence-corrected chi connectivity index (χ0v) is 15.3. The Labute approximate surface area is 153 Å². The Bertz CT molecular complexity index is 725. The van der Waals surface area contributed by atoms with E-state index in [4.69, 9.17) is 9.84 Å². The summed E-state index contributed by atoms with van der Waals surface area (Å²) in [6.07, 6.45) is 5.21. The zero-order chi connectivity index (χ0) is 19.3. The number of hydrogen-bond donors (Lipinski definition) is 2. The number of carbonyl (C=O) groups is 3. The van der Waals surface area contributed by atoms with Crippen molar-refractivity contribution in [2.75, 3.05) is 5.32 Å². The van der Waals surface area contributed by atoms with Crippen LogP contribution in [0.5, 0.6) is 0 Å². The third kappa shape index (κ3) is 4.71. The minimum Gasteiger partial charge on any atom is -0.478 e. The minimum absolute atomic E-state index is 0.0992. The Morgan fingerprint density at radius 3 is 2.50 bits per heavy atom. The maximum atomic E-state index is 12.8. The van der Waals surface area contributed by atoms with Gasteiger partial charge in [0.05, 0.1) is 23.5 Å². The van der Waals surface area contributed by atoms with Gasteiger partial charge in [0.15, 0.2) is 0 Å². The Hall–Kier alpha value is -2.63. The summed E-state index contributed by atoms with van der Waals surface area (Å²) in [5.74, 6) is -2.79. The second-order valence-electron chi connectivity index (χ2n) is 6.64. The molecular formula is C20H25NO5. The molecule has 0 saturated heterocycles. The lowest BCUT2D eigenvalue weighted by Gasteiger charge is -2.27. The maximum Gasteiger partial charge on any atom is 0.335 e. The Morgan fingerprint density at radius 1 is 1.23 bits per heavy atom. The molecule has 2 N–H and O–H groups in total. The highest BCUT2D eigenvalue weighted by Crippen LogP contribution is 2.29. The van der Waals surface area contributed by atoms with Crippen LogP contribution in [0, 0.1) is 18.8 Å². The Kier molecular flexibility index (Phi) is 6.55. The molecule has 0 bridgehead atoms.